The zero-order valence-electron chi connectivity index (χ0n) is 10.9. The van der Waals surface area contributed by atoms with E-state index < -0.39 is 0 Å². The monoisotopic (exact) mass is 335 g/mol. The topological polar surface area (TPSA) is 21.3 Å². The molecule has 104 valence electrons. The highest BCUT2D eigenvalue weighted by atomic mass is 79.9. The Bertz CT molecular complexity index is 617. The first-order valence-electron chi connectivity index (χ1n) is 6.64. The third kappa shape index (κ3) is 2.80. The van der Waals surface area contributed by atoms with Gasteiger partial charge in [-0.05, 0) is 52.2 Å². The van der Waals surface area contributed by atoms with Gasteiger partial charge in [0.05, 0.1) is 6.61 Å². The predicted molar refractivity (Wildman–Crippen MR) is 81.9 cm³/mol. The largest absolute Gasteiger partial charge is 0.493 e. The first kappa shape index (κ1) is 13.4. The van der Waals surface area contributed by atoms with E-state index in [2.05, 4.69) is 27.3 Å². The van der Waals surface area contributed by atoms with Gasteiger partial charge in [-0.1, -0.05) is 18.2 Å². The molecule has 0 saturated heterocycles. The van der Waals surface area contributed by atoms with Crippen molar-refractivity contribution in [1.29, 1.82) is 0 Å². The Kier molecular flexibility index (Phi) is 3.92. The van der Waals surface area contributed by atoms with E-state index in [9.17, 15) is 4.39 Å². The lowest BCUT2D eigenvalue weighted by Crippen LogP contribution is -2.20. The van der Waals surface area contributed by atoms with Gasteiger partial charge in [0.25, 0.3) is 0 Å². The van der Waals surface area contributed by atoms with Gasteiger partial charge in [-0.2, -0.15) is 0 Å². The van der Waals surface area contributed by atoms with Crippen molar-refractivity contribution in [2.75, 3.05) is 18.5 Å². The van der Waals surface area contributed by atoms with Crippen molar-refractivity contribution in [3.05, 3.63) is 58.3 Å². The van der Waals surface area contributed by atoms with Gasteiger partial charge in [-0.25, -0.2) is 4.39 Å². The summed E-state index contributed by atoms with van der Waals surface area (Å²) in [5, 5.41) is 3.38. The van der Waals surface area contributed by atoms with Crippen molar-refractivity contribution in [1.82, 2.24) is 0 Å². The smallest absolute Gasteiger partial charge is 0.124 e. The van der Waals surface area contributed by atoms with E-state index in [-0.39, 0.29) is 5.82 Å². The molecule has 20 heavy (non-hydrogen) atoms. The van der Waals surface area contributed by atoms with Crippen LogP contribution < -0.4 is 10.1 Å². The van der Waals surface area contributed by atoms with Crippen LogP contribution in [-0.2, 0) is 0 Å². The van der Waals surface area contributed by atoms with Gasteiger partial charge >= 0.3 is 0 Å². The van der Waals surface area contributed by atoms with Crippen LogP contribution in [0.3, 0.4) is 0 Å². The quantitative estimate of drug-likeness (QED) is 0.887. The molecule has 1 N–H and O–H groups in total. The van der Waals surface area contributed by atoms with Crippen molar-refractivity contribution in [2.24, 2.45) is 0 Å². The molecule has 1 aliphatic rings. The first-order valence-corrected chi connectivity index (χ1v) is 7.44. The van der Waals surface area contributed by atoms with Crippen molar-refractivity contribution in [3.8, 4) is 5.75 Å². The Hall–Kier alpha value is -1.55. The Balaban J connectivity index is 1.73. The third-order valence-corrected chi connectivity index (χ3v) is 4.21. The van der Waals surface area contributed by atoms with Gasteiger partial charge in [0, 0.05) is 22.6 Å². The van der Waals surface area contributed by atoms with Crippen LogP contribution in [-0.4, -0.2) is 13.2 Å². The molecule has 0 radical (unpaired) electrons. The Labute approximate surface area is 126 Å². The van der Waals surface area contributed by atoms with Crippen LogP contribution in [0.15, 0.2) is 46.9 Å². The van der Waals surface area contributed by atoms with Crippen molar-refractivity contribution in [2.45, 2.75) is 12.3 Å². The van der Waals surface area contributed by atoms with Crippen LogP contribution in [0.25, 0.3) is 0 Å². The second-order valence-electron chi connectivity index (χ2n) is 4.88. The predicted octanol–water partition coefficient (Wildman–Crippen LogP) is 4.57. The number of hydrogen-bond acceptors (Lipinski definition) is 2. The van der Waals surface area contributed by atoms with Gasteiger partial charge in [-0.15, -0.1) is 0 Å². The number of anilines is 1. The number of nitrogens with one attached hydrogen (secondary N) is 1. The lowest BCUT2D eigenvalue weighted by Gasteiger charge is -2.26. The summed E-state index contributed by atoms with van der Waals surface area (Å²) in [6.07, 6.45) is 0.989. The Morgan fingerprint density at radius 3 is 2.95 bits per heavy atom. The minimum absolute atomic E-state index is 0.237. The number of fused-ring (bicyclic) bond motifs is 1. The van der Waals surface area contributed by atoms with Crippen molar-refractivity contribution in [3.63, 3.8) is 0 Å². The van der Waals surface area contributed by atoms with Crippen LogP contribution in [0.2, 0.25) is 0 Å². The van der Waals surface area contributed by atoms with Crippen LogP contribution in [0.4, 0.5) is 10.1 Å². The molecule has 1 atom stereocenters. The summed E-state index contributed by atoms with van der Waals surface area (Å²) in [7, 11) is 0. The third-order valence-electron chi connectivity index (χ3n) is 3.55. The van der Waals surface area contributed by atoms with Gasteiger partial charge < -0.3 is 10.1 Å². The SMILES string of the molecule is Fc1ccc(NCC2CCOc3ccccc32)c(Br)c1. The van der Waals surface area contributed by atoms with E-state index in [0.29, 0.717) is 5.92 Å². The number of benzene rings is 2. The van der Waals surface area contributed by atoms with Gasteiger partial charge in [-0.3, -0.25) is 0 Å². The van der Waals surface area contributed by atoms with Crippen LogP contribution in [0.5, 0.6) is 5.75 Å². The van der Waals surface area contributed by atoms with Crippen LogP contribution in [0.1, 0.15) is 17.9 Å². The molecular weight excluding hydrogens is 321 g/mol. The summed E-state index contributed by atoms with van der Waals surface area (Å²) >= 11 is 3.38. The molecule has 2 aromatic carbocycles. The zero-order valence-corrected chi connectivity index (χ0v) is 12.5. The molecule has 0 bridgehead atoms. The van der Waals surface area contributed by atoms with Crippen molar-refractivity contribution >= 4 is 21.6 Å². The molecular formula is C16H15BrFNO. The summed E-state index contributed by atoms with van der Waals surface area (Å²) in [4.78, 5) is 0. The number of hydrogen-bond donors (Lipinski definition) is 1. The maximum atomic E-state index is 13.1. The average molecular weight is 336 g/mol. The zero-order chi connectivity index (χ0) is 13.9. The molecule has 0 fully saturated rings. The van der Waals surface area contributed by atoms with Gasteiger partial charge in [0.2, 0.25) is 0 Å². The molecule has 3 rings (SSSR count). The lowest BCUT2D eigenvalue weighted by atomic mass is 9.93. The fraction of sp³-hybridized carbons (Fsp3) is 0.250. The molecule has 0 aliphatic carbocycles. The lowest BCUT2D eigenvalue weighted by molar-refractivity contribution is 0.270. The molecule has 2 nitrogen and oxygen atoms in total. The fourth-order valence-corrected chi connectivity index (χ4v) is 2.98. The summed E-state index contributed by atoms with van der Waals surface area (Å²) in [6, 6.07) is 12.8. The summed E-state index contributed by atoms with van der Waals surface area (Å²) in [5.74, 6) is 1.15. The minimum Gasteiger partial charge on any atom is -0.493 e. The molecule has 0 spiro atoms. The highest BCUT2D eigenvalue weighted by molar-refractivity contribution is 9.10. The molecule has 2 aromatic rings. The second-order valence-corrected chi connectivity index (χ2v) is 5.73. The van der Waals surface area contributed by atoms with E-state index in [4.69, 9.17) is 4.74 Å². The number of rotatable bonds is 3. The van der Waals surface area contributed by atoms with E-state index in [1.807, 2.05) is 18.2 Å². The van der Waals surface area contributed by atoms with Crippen LogP contribution >= 0.6 is 15.9 Å². The molecule has 1 aliphatic heterocycles. The maximum Gasteiger partial charge on any atom is 0.124 e. The highest BCUT2D eigenvalue weighted by Gasteiger charge is 2.20. The fourth-order valence-electron chi connectivity index (χ4n) is 2.49. The highest BCUT2D eigenvalue weighted by Crippen LogP contribution is 2.34. The number of halogens is 2. The molecule has 1 heterocycles. The average Bonchev–Trinajstić information content (AvgIpc) is 2.46. The molecule has 0 saturated carbocycles. The summed E-state index contributed by atoms with van der Waals surface area (Å²) in [5.41, 5.74) is 2.15. The van der Waals surface area contributed by atoms with E-state index in [0.717, 1.165) is 35.5 Å². The Morgan fingerprint density at radius 2 is 2.10 bits per heavy atom. The van der Waals surface area contributed by atoms with E-state index in [1.165, 1.54) is 17.7 Å². The van der Waals surface area contributed by atoms with E-state index >= 15 is 0 Å². The number of para-hydroxylation sites is 1. The molecule has 1 unspecified atom stereocenters. The van der Waals surface area contributed by atoms with Gasteiger partial charge in [0.15, 0.2) is 0 Å². The van der Waals surface area contributed by atoms with Gasteiger partial charge in [0.1, 0.15) is 11.6 Å². The normalized spacial score (nSPS) is 17.2. The standard InChI is InChI=1S/C16H15BrFNO/c17-14-9-12(18)5-6-15(14)19-10-11-7-8-20-16-4-2-1-3-13(11)16/h1-6,9,11,19H,7-8,10H2. The maximum absolute atomic E-state index is 13.1. The van der Waals surface area contributed by atoms with Crippen LogP contribution in [0, 0.1) is 5.82 Å². The minimum atomic E-state index is -0.237. The molecule has 0 aromatic heterocycles. The molecule has 4 heteroatoms. The number of ether oxygens (including phenoxy) is 1. The summed E-state index contributed by atoms with van der Waals surface area (Å²) < 4.78 is 19.5. The second kappa shape index (κ2) is 5.83. The molecule has 0 amide bonds. The summed E-state index contributed by atoms with van der Waals surface area (Å²) in [6.45, 7) is 1.55. The van der Waals surface area contributed by atoms with E-state index in [1.54, 1.807) is 6.07 Å². The Morgan fingerprint density at radius 1 is 1.25 bits per heavy atom. The van der Waals surface area contributed by atoms with Crippen molar-refractivity contribution < 1.29 is 9.13 Å². The first-order chi connectivity index (χ1) is 9.74.